The van der Waals surface area contributed by atoms with Crippen LogP contribution in [0, 0.1) is 5.92 Å². The summed E-state index contributed by atoms with van der Waals surface area (Å²) >= 11 is 0. The van der Waals surface area contributed by atoms with Gasteiger partial charge >= 0.3 is 0 Å². The van der Waals surface area contributed by atoms with Crippen LogP contribution in [0.4, 0.5) is 0 Å². The number of hydrogen-bond acceptors (Lipinski definition) is 3. The molecule has 116 valence electrons. The van der Waals surface area contributed by atoms with E-state index in [9.17, 15) is 9.90 Å². The van der Waals surface area contributed by atoms with Crippen molar-refractivity contribution in [1.29, 1.82) is 0 Å². The average Bonchev–Trinajstić information content (AvgIpc) is 2.49. The Labute approximate surface area is 123 Å². The van der Waals surface area contributed by atoms with E-state index in [1.165, 1.54) is 6.42 Å². The highest BCUT2D eigenvalue weighted by Gasteiger charge is 2.33. The predicted octanol–water partition coefficient (Wildman–Crippen LogP) is 1.87. The van der Waals surface area contributed by atoms with Crippen LogP contribution in [0.2, 0.25) is 0 Å². The van der Waals surface area contributed by atoms with Crippen molar-refractivity contribution in [2.75, 3.05) is 26.2 Å². The van der Waals surface area contributed by atoms with Gasteiger partial charge in [-0.05, 0) is 52.6 Å². The molecule has 1 aliphatic heterocycles. The fourth-order valence-corrected chi connectivity index (χ4v) is 3.79. The molecule has 20 heavy (non-hydrogen) atoms. The number of aliphatic hydroxyl groups is 1. The molecular weight excluding hydrogens is 252 g/mol. The van der Waals surface area contributed by atoms with E-state index in [4.69, 9.17) is 0 Å². The van der Waals surface area contributed by atoms with Crippen LogP contribution in [0.3, 0.4) is 0 Å². The van der Waals surface area contributed by atoms with Crippen molar-refractivity contribution >= 4 is 5.91 Å². The van der Waals surface area contributed by atoms with Crippen LogP contribution < -0.4 is 0 Å². The van der Waals surface area contributed by atoms with Crippen LogP contribution in [0.25, 0.3) is 0 Å². The van der Waals surface area contributed by atoms with Crippen LogP contribution in [0.15, 0.2) is 0 Å². The first-order valence-electron chi connectivity index (χ1n) is 8.38. The fraction of sp³-hybridized carbons (Fsp3) is 0.938. The number of rotatable bonds is 4. The first kappa shape index (κ1) is 15.8. The van der Waals surface area contributed by atoms with Gasteiger partial charge in [-0.25, -0.2) is 0 Å². The topological polar surface area (TPSA) is 43.8 Å². The van der Waals surface area contributed by atoms with Gasteiger partial charge in [0.2, 0.25) is 5.91 Å². The van der Waals surface area contributed by atoms with Gasteiger partial charge in [-0.15, -0.1) is 0 Å². The highest BCUT2D eigenvalue weighted by atomic mass is 16.3. The summed E-state index contributed by atoms with van der Waals surface area (Å²) in [5, 5.41) is 10.1. The molecule has 4 nitrogen and oxygen atoms in total. The Hall–Kier alpha value is -0.610. The molecule has 2 unspecified atom stereocenters. The third-order valence-corrected chi connectivity index (χ3v) is 5.12. The minimum absolute atomic E-state index is 0.154. The Morgan fingerprint density at radius 1 is 1.10 bits per heavy atom. The van der Waals surface area contributed by atoms with Gasteiger partial charge < -0.3 is 10.0 Å². The monoisotopic (exact) mass is 282 g/mol. The van der Waals surface area contributed by atoms with Crippen molar-refractivity contribution in [3.63, 3.8) is 0 Å². The maximum Gasteiger partial charge on any atom is 0.225 e. The molecule has 2 rings (SSSR count). The smallest absolute Gasteiger partial charge is 0.225 e. The molecule has 0 spiro atoms. The molecule has 0 aromatic heterocycles. The second-order valence-corrected chi connectivity index (χ2v) is 6.24. The van der Waals surface area contributed by atoms with Crippen molar-refractivity contribution in [3.05, 3.63) is 0 Å². The van der Waals surface area contributed by atoms with Crippen LogP contribution in [-0.2, 0) is 4.79 Å². The van der Waals surface area contributed by atoms with E-state index < -0.39 is 0 Å². The molecule has 0 bridgehead atoms. The molecule has 2 aliphatic rings. The molecule has 4 heteroatoms. The Morgan fingerprint density at radius 2 is 1.70 bits per heavy atom. The van der Waals surface area contributed by atoms with Gasteiger partial charge in [0.05, 0.1) is 6.10 Å². The summed E-state index contributed by atoms with van der Waals surface area (Å²) in [6, 6.07) is 0.341. The van der Waals surface area contributed by atoms with Gasteiger partial charge in [-0.1, -0.05) is 12.8 Å². The molecule has 0 aromatic rings. The van der Waals surface area contributed by atoms with E-state index in [1.807, 2.05) is 4.90 Å². The van der Waals surface area contributed by atoms with Crippen LogP contribution in [0.1, 0.15) is 52.4 Å². The van der Waals surface area contributed by atoms with E-state index in [0.29, 0.717) is 11.9 Å². The number of carbonyl (C=O) groups is 1. The van der Waals surface area contributed by atoms with Crippen molar-refractivity contribution < 1.29 is 9.90 Å². The number of aliphatic hydroxyl groups excluding tert-OH is 1. The van der Waals surface area contributed by atoms with Gasteiger partial charge in [-0.2, -0.15) is 0 Å². The molecule has 1 saturated carbocycles. The zero-order valence-electron chi connectivity index (χ0n) is 13.1. The standard InChI is InChI=1S/C16H30N2O2/c1-3-17(4-2)16(20)13-9-11-18(12-10-13)14-7-5-6-8-15(14)19/h13-15,19H,3-12H2,1-2H3. The SMILES string of the molecule is CCN(CC)C(=O)C1CCN(C2CCCCC2O)CC1. The van der Waals surface area contributed by atoms with E-state index in [2.05, 4.69) is 18.7 Å². The molecular formula is C16H30N2O2. The highest BCUT2D eigenvalue weighted by molar-refractivity contribution is 5.78. The molecule has 1 heterocycles. The van der Waals surface area contributed by atoms with Gasteiger partial charge in [0.15, 0.2) is 0 Å². The zero-order chi connectivity index (χ0) is 14.5. The number of carbonyl (C=O) groups excluding carboxylic acids is 1. The molecule has 1 aliphatic carbocycles. The van der Waals surface area contributed by atoms with Crippen molar-refractivity contribution in [2.24, 2.45) is 5.92 Å². The number of piperidine rings is 1. The second kappa shape index (κ2) is 7.41. The Bertz CT molecular complexity index is 310. The lowest BCUT2D eigenvalue weighted by molar-refractivity contribution is -0.137. The Kier molecular flexibility index (Phi) is 5.85. The third-order valence-electron chi connectivity index (χ3n) is 5.12. The summed E-state index contributed by atoms with van der Waals surface area (Å²) in [5.74, 6) is 0.533. The van der Waals surface area contributed by atoms with E-state index >= 15 is 0 Å². The lowest BCUT2D eigenvalue weighted by Gasteiger charge is -2.41. The summed E-state index contributed by atoms with van der Waals surface area (Å²) in [6.07, 6.45) is 6.23. The average molecular weight is 282 g/mol. The largest absolute Gasteiger partial charge is 0.391 e. The van der Waals surface area contributed by atoms with E-state index in [1.54, 1.807) is 0 Å². The molecule has 1 N–H and O–H groups in total. The van der Waals surface area contributed by atoms with Gasteiger partial charge in [0, 0.05) is 25.0 Å². The Balaban J connectivity index is 1.84. The molecule has 1 amide bonds. The molecule has 0 radical (unpaired) electrons. The first-order valence-corrected chi connectivity index (χ1v) is 8.38. The van der Waals surface area contributed by atoms with Gasteiger partial charge in [0.25, 0.3) is 0 Å². The number of likely N-dealkylation sites (tertiary alicyclic amines) is 1. The second-order valence-electron chi connectivity index (χ2n) is 6.24. The lowest BCUT2D eigenvalue weighted by Crippen LogP contribution is -2.50. The minimum Gasteiger partial charge on any atom is -0.391 e. The summed E-state index contributed by atoms with van der Waals surface area (Å²) in [4.78, 5) is 16.7. The quantitative estimate of drug-likeness (QED) is 0.856. The number of amides is 1. The third kappa shape index (κ3) is 3.53. The van der Waals surface area contributed by atoms with Crippen molar-refractivity contribution in [2.45, 2.75) is 64.5 Å². The number of hydrogen-bond donors (Lipinski definition) is 1. The molecule has 1 saturated heterocycles. The van der Waals surface area contributed by atoms with Gasteiger partial charge in [0.1, 0.15) is 0 Å². The summed E-state index contributed by atoms with van der Waals surface area (Å²) < 4.78 is 0. The van der Waals surface area contributed by atoms with Crippen LogP contribution >= 0.6 is 0 Å². The van der Waals surface area contributed by atoms with Gasteiger partial charge in [-0.3, -0.25) is 9.69 Å². The van der Waals surface area contributed by atoms with Crippen LogP contribution in [0.5, 0.6) is 0 Å². The van der Waals surface area contributed by atoms with Crippen LogP contribution in [-0.4, -0.2) is 59.1 Å². The summed E-state index contributed by atoms with van der Waals surface area (Å²) in [7, 11) is 0. The minimum atomic E-state index is -0.154. The Morgan fingerprint density at radius 3 is 2.25 bits per heavy atom. The lowest BCUT2D eigenvalue weighted by atomic mass is 9.88. The number of nitrogens with zero attached hydrogens (tertiary/aromatic N) is 2. The fourth-order valence-electron chi connectivity index (χ4n) is 3.79. The summed E-state index contributed by atoms with van der Waals surface area (Å²) in [6.45, 7) is 7.68. The highest BCUT2D eigenvalue weighted by Crippen LogP contribution is 2.28. The normalized spacial score (nSPS) is 29.4. The van der Waals surface area contributed by atoms with Crippen molar-refractivity contribution in [3.8, 4) is 0 Å². The zero-order valence-corrected chi connectivity index (χ0v) is 13.1. The summed E-state index contributed by atoms with van der Waals surface area (Å²) in [5.41, 5.74) is 0. The van der Waals surface area contributed by atoms with Crippen molar-refractivity contribution in [1.82, 2.24) is 9.80 Å². The molecule has 2 atom stereocenters. The van der Waals surface area contributed by atoms with E-state index in [0.717, 1.165) is 58.3 Å². The predicted molar refractivity (Wildman–Crippen MR) is 80.5 cm³/mol. The van der Waals surface area contributed by atoms with E-state index in [-0.39, 0.29) is 12.0 Å². The maximum atomic E-state index is 12.4. The first-order chi connectivity index (χ1) is 9.67. The maximum absolute atomic E-state index is 12.4. The molecule has 0 aromatic carbocycles. The molecule has 2 fully saturated rings.